The zero-order valence-corrected chi connectivity index (χ0v) is 10.5. The van der Waals surface area contributed by atoms with Crippen LogP contribution < -0.4 is 10.5 Å². The maximum atomic E-state index is 13.7. The van der Waals surface area contributed by atoms with Gasteiger partial charge < -0.3 is 10.5 Å². The summed E-state index contributed by atoms with van der Waals surface area (Å²) in [5, 5.41) is 0. The summed E-state index contributed by atoms with van der Waals surface area (Å²) in [7, 11) is 0. The van der Waals surface area contributed by atoms with Crippen molar-refractivity contribution in [2.75, 3.05) is 6.54 Å². The molecule has 0 fully saturated rings. The Labute approximate surface area is 111 Å². The lowest BCUT2D eigenvalue weighted by molar-refractivity contribution is 0.225. The molecule has 3 rings (SSSR count). The van der Waals surface area contributed by atoms with Gasteiger partial charge in [0, 0.05) is 35.5 Å². The Kier molecular flexibility index (Phi) is 3.17. The molecular weight excluding hydrogens is 243 g/mol. The molecule has 1 aliphatic rings. The predicted molar refractivity (Wildman–Crippen MR) is 71.4 cm³/mol. The van der Waals surface area contributed by atoms with Gasteiger partial charge in [0.15, 0.2) is 0 Å². The van der Waals surface area contributed by atoms with Gasteiger partial charge in [0.25, 0.3) is 0 Å². The van der Waals surface area contributed by atoms with Crippen LogP contribution in [0.3, 0.4) is 0 Å². The normalized spacial score (nSPS) is 17.1. The number of hydrogen-bond acceptors (Lipinski definition) is 3. The highest BCUT2D eigenvalue weighted by Crippen LogP contribution is 2.39. The molecule has 0 radical (unpaired) electrons. The van der Waals surface area contributed by atoms with Crippen LogP contribution in [0.25, 0.3) is 11.1 Å². The Hall–Kier alpha value is -1.94. The van der Waals surface area contributed by atoms with Crippen LogP contribution >= 0.6 is 0 Å². The van der Waals surface area contributed by atoms with E-state index < -0.39 is 0 Å². The summed E-state index contributed by atoms with van der Waals surface area (Å²) in [6.07, 6.45) is 4.97. The van der Waals surface area contributed by atoms with Crippen molar-refractivity contribution in [1.82, 2.24) is 4.98 Å². The Morgan fingerprint density at radius 1 is 1.42 bits per heavy atom. The number of halogens is 1. The smallest absolute Gasteiger partial charge is 0.131 e. The lowest BCUT2D eigenvalue weighted by Gasteiger charge is -2.11. The minimum Gasteiger partial charge on any atom is -0.489 e. The Balaban J connectivity index is 2.04. The summed E-state index contributed by atoms with van der Waals surface area (Å²) in [6, 6.07) is 6.78. The van der Waals surface area contributed by atoms with Crippen molar-refractivity contribution in [1.29, 1.82) is 0 Å². The second-order valence-electron chi connectivity index (χ2n) is 4.70. The zero-order valence-electron chi connectivity index (χ0n) is 10.5. The van der Waals surface area contributed by atoms with Crippen LogP contribution in [0.15, 0.2) is 36.7 Å². The molecule has 98 valence electrons. The van der Waals surface area contributed by atoms with Crippen molar-refractivity contribution < 1.29 is 9.13 Å². The number of fused-ring (bicyclic) bond motifs is 1. The molecule has 2 aromatic rings. The fourth-order valence-electron chi connectivity index (χ4n) is 2.48. The summed E-state index contributed by atoms with van der Waals surface area (Å²) in [5.74, 6) is 0.530. The standard InChI is InChI=1S/C15H15FN2O/c16-12-6-11-7-13(3-4-17)19-15(11)14(8-12)10-2-1-5-18-9-10/h1-2,5-6,8-9,13H,3-4,7,17H2. The molecule has 0 spiro atoms. The van der Waals surface area contributed by atoms with Crippen LogP contribution in [0.4, 0.5) is 4.39 Å². The van der Waals surface area contributed by atoms with Crippen LogP contribution in [0, 0.1) is 5.82 Å². The molecule has 0 aliphatic carbocycles. The molecule has 1 atom stereocenters. The third-order valence-electron chi connectivity index (χ3n) is 3.32. The van der Waals surface area contributed by atoms with Crippen LogP contribution in [0.2, 0.25) is 0 Å². The van der Waals surface area contributed by atoms with Crippen molar-refractivity contribution in [3.05, 3.63) is 48.0 Å². The van der Waals surface area contributed by atoms with Gasteiger partial charge in [0.1, 0.15) is 17.7 Å². The lowest BCUT2D eigenvalue weighted by atomic mass is 10.0. The van der Waals surface area contributed by atoms with E-state index in [0.29, 0.717) is 6.54 Å². The zero-order chi connectivity index (χ0) is 13.2. The van der Waals surface area contributed by atoms with Crippen molar-refractivity contribution in [2.45, 2.75) is 18.9 Å². The highest BCUT2D eigenvalue weighted by Gasteiger charge is 2.26. The van der Waals surface area contributed by atoms with E-state index in [9.17, 15) is 4.39 Å². The largest absolute Gasteiger partial charge is 0.489 e. The second kappa shape index (κ2) is 4.97. The quantitative estimate of drug-likeness (QED) is 0.920. The first kappa shape index (κ1) is 12.1. The maximum Gasteiger partial charge on any atom is 0.131 e. The highest BCUT2D eigenvalue weighted by molar-refractivity contribution is 5.72. The number of pyridine rings is 1. The molecule has 1 aromatic heterocycles. The highest BCUT2D eigenvalue weighted by atomic mass is 19.1. The third kappa shape index (κ3) is 2.31. The van der Waals surface area contributed by atoms with Gasteiger partial charge in [0.05, 0.1) is 0 Å². The van der Waals surface area contributed by atoms with Crippen molar-refractivity contribution in [3.63, 3.8) is 0 Å². The fourth-order valence-corrected chi connectivity index (χ4v) is 2.48. The van der Waals surface area contributed by atoms with Crippen molar-refractivity contribution in [2.24, 2.45) is 5.73 Å². The number of aromatic nitrogens is 1. The van der Waals surface area contributed by atoms with Gasteiger partial charge in [-0.2, -0.15) is 0 Å². The lowest BCUT2D eigenvalue weighted by Crippen LogP contribution is -2.17. The van der Waals surface area contributed by atoms with E-state index >= 15 is 0 Å². The minimum atomic E-state index is -0.241. The average Bonchev–Trinajstić information content (AvgIpc) is 2.81. The van der Waals surface area contributed by atoms with Crippen LogP contribution in [-0.4, -0.2) is 17.6 Å². The van der Waals surface area contributed by atoms with E-state index in [4.69, 9.17) is 10.5 Å². The molecule has 0 bridgehead atoms. The first-order valence-corrected chi connectivity index (χ1v) is 6.37. The number of hydrogen-bond donors (Lipinski definition) is 1. The Morgan fingerprint density at radius 2 is 2.32 bits per heavy atom. The average molecular weight is 258 g/mol. The molecule has 1 aliphatic heterocycles. The number of benzene rings is 1. The molecule has 4 heteroatoms. The molecule has 2 heterocycles. The minimum absolute atomic E-state index is 0.0530. The molecule has 2 N–H and O–H groups in total. The molecule has 0 amide bonds. The molecule has 0 saturated heterocycles. The monoisotopic (exact) mass is 258 g/mol. The van der Waals surface area contributed by atoms with E-state index in [1.54, 1.807) is 18.5 Å². The van der Waals surface area contributed by atoms with Crippen LogP contribution in [0.1, 0.15) is 12.0 Å². The maximum absolute atomic E-state index is 13.7. The molecule has 0 saturated carbocycles. The van der Waals surface area contributed by atoms with E-state index in [2.05, 4.69) is 4.98 Å². The van der Waals surface area contributed by atoms with Gasteiger partial charge in [-0.05, 0) is 31.2 Å². The molecule has 1 unspecified atom stereocenters. The summed E-state index contributed by atoms with van der Waals surface area (Å²) in [5.41, 5.74) is 8.11. The summed E-state index contributed by atoms with van der Waals surface area (Å²) < 4.78 is 19.6. The second-order valence-corrected chi connectivity index (χ2v) is 4.70. The van der Waals surface area contributed by atoms with Gasteiger partial charge >= 0.3 is 0 Å². The van der Waals surface area contributed by atoms with Crippen LogP contribution in [-0.2, 0) is 6.42 Å². The molecular formula is C15H15FN2O. The third-order valence-corrected chi connectivity index (χ3v) is 3.32. The summed E-state index contributed by atoms with van der Waals surface area (Å²) in [4.78, 5) is 4.07. The van der Waals surface area contributed by atoms with Gasteiger partial charge in [-0.25, -0.2) is 4.39 Å². The fraction of sp³-hybridized carbons (Fsp3) is 0.267. The number of nitrogens with zero attached hydrogens (tertiary/aromatic N) is 1. The Bertz CT molecular complexity index is 586. The Morgan fingerprint density at radius 3 is 3.05 bits per heavy atom. The SMILES string of the molecule is NCCC1Cc2cc(F)cc(-c3cccnc3)c2O1. The topological polar surface area (TPSA) is 48.1 Å². The van der Waals surface area contributed by atoms with Crippen molar-refractivity contribution >= 4 is 0 Å². The number of rotatable bonds is 3. The summed E-state index contributed by atoms with van der Waals surface area (Å²) in [6.45, 7) is 0.573. The number of ether oxygens (including phenoxy) is 1. The predicted octanol–water partition coefficient (Wildman–Crippen LogP) is 2.54. The first-order chi connectivity index (χ1) is 9.28. The van der Waals surface area contributed by atoms with E-state index in [0.717, 1.165) is 35.3 Å². The van der Waals surface area contributed by atoms with Gasteiger partial charge in [-0.1, -0.05) is 6.07 Å². The van der Waals surface area contributed by atoms with Gasteiger partial charge in [-0.3, -0.25) is 4.98 Å². The molecule has 19 heavy (non-hydrogen) atoms. The van der Waals surface area contributed by atoms with E-state index in [1.807, 2.05) is 12.1 Å². The van der Waals surface area contributed by atoms with Crippen LogP contribution in [0.5, 0.6) is 5.75 Å². The molecule has 1 aromatic carbocycles. The van der Waals surface area contributed by atoms with Crippen molar-refractivity contribution in [3.8, 4) is 16.9 Å². The van der Waals surface area contributed by atoms with E-state index in [-0.39, 0.29) is 11.9 Å². The van der Waals surface area contributed by atoms with Gasteiger partial charge in [-0.15, -0.1) is 0 Å². The number of nitrogens with two attached hydrogens (primary N) is 1. The first-order valence-electron chi connectivity index (χ1n) is 6.37. The summed E-state index contributed by atoms with van der Waals surface area (Å²) >= 11 is 0. The van der Waals surface area contributed by atoms with E-state index in [1.165, 1.54) is 6.07 Å². The van der Waals surface area contributed by atoms with Gasteiger partial charge in [0.2, 0.25) is 0 Å². The molecule has 3 nitrogen and oxygen atoms in total.